The van der Waals surface area contributed by atoms with Crippen molar-refractivity contribution >= 4 is 27.8 Å². The first-order chi connectivity index (χ1) is 15.9. The maximum atomic E-state index is 12.6. The molecule has 0 bridgehead atoms. The zero-order valence-electron chi connectivity index (χ0n) is 20.8. The van der Waals surface area contributed by atoms with E-state index in [9.17, 15) is 13.2 Å². The van der Waals surface area contributed by atoms with Gasteiger partial charge in [-0.3, -0.25) is 9.10 Å². The molecule has 3 rings (SSSR count). The lowest BCUT2D eigenvalue weighted by Crippen LogP contribution is -2.39. The van der Waals surface area contributed by atoms with Crippen molar-refractivity contribution in [1.29, 1.82) is 0 Å². The van der Waals surface area contributed by atoms with E-state index in [0.29, 0.717) is 5.69 Å². The van der Waals surface area contributed by atoms with Gasteiger partial charge in [-0.25, -0.2) is 13.8 Å². The number of hydrogen-bond acceptors (Lipinski definition) is 4. The summed E-state index contributed by atoms with van der Waals surface area (Å²) in [7, 11) is -3.65. The molecule has 0 fully saturated rings. The van der Waals surface area contributed by atoms with Crippen LogP contribution in [0.1, 0.15) is 39.2 Å². The van der Waals surface area contributed by atoms with E-state index in [4.69, 9.17) is 0 Å². The molecule has 1 amide bonds. The maximum absolute atomic E-state index is 12.6. The number of sulfonamides is 1. The van der Waals surface area contributed by atoms with E-state index in [-0.39, 0.29) is 6.54 Å². The summed E-state index contributed by atoms with van der Waals surface area (Å²) in [5.74, 6) is -0.524. The number of nitrogens with one attached hydrogen (secondary N) is 1. The van der Waals surface area contributed by atoms with Gasteiger partial charge in [0.15, 0.2) is 0 Å². The second kappa shape index (κ2) is 9.85. The molecule has 3 aromatic rings. The second-order valence-electron chi connectivity index (χ2n) is 8.81. The molecule has 1 heterocycles. The fourth-order valence-electron chi connectivity index (χ4n) is 4.26. The molecule has 7 nitrogen and oxygen atoms in total. The van der Waals surface area contributed by atoms with Crippen LogP contribution in [0.3, 0.4) is 0 Å². The smallest absolute Gasteiger partial charge is 0.260 e. The number of hydrogen-bond donors (Lipinski definition) is 1. The number of aromatic nitrogens is 1. The topological polar surface area (TPSA) is 83.8 Å². The molecular weight excluding hydrogens is 448 g/mol. The van der Waals surface area contributed by atoms with Crippen LogP contribution in [-0.2, 0) is 14.8 Å². The lowest BCUT2D eigenvalue weighted by Gasteiger charge is -2.22. The van der Waals surface area contributed by atoms with Gasteiger partial charge in [0.25, 0.3) is 5.91 Å². The van der Waals surface area contributed by atoms with E-state index in [1.165, 1.54) is 11.1 Å². The molecule has 1 N–H and O–H groups in total. The summed E-state index contributed by atoms with van der Waals surface area (Å²) in [5, 5.41) is 4.10. The summed E-state index contributed by atoms with van der Waals surface area (Å²) in [6.45, 7) is 11.6. The zero-order valence-corrected chi connectivity index (χ0v) is 21.6. The van der Waals surface area contributed by atoms with Gasteiger partial charge in [0, 0.05) is 17.0 Å². The normalized spacial score (nSPS) is 11.7. The Bertz CT molecular complexity index is 1330. The molecule has 0 atom stereocenters. The lowest BCUT2D eigenvalue weighted by molar-refractivity contribution is -0.119. The first kappa shape index (κ1) is 25.2. The number of anilines is 1. The van der Waals surface area contributed by atoms with Crippen LogP contribution in [0.15, 0.2) is 47.6 Å². The van der Waals surface area contributed by atoms with Crippen LogP contribution in [0.2, 0.25) is 0 Å². The van der Waals surface area contributed by atoms with Crippen LogP contribution in [0.5, 0.6) is 0 Å². The largest absolute Gasteiger partial charge is 0.317 e. The first-order valence-corrected chi connectivity index (χ1v) is 12.9. The average molecular weight is 481 g/mol. The molecule has 2 aromatic carbocycles. The third kappa shape index (κ3) is 5.56. The number of hydrazone groups is 1. The molecule has 180 valence electrons. The molecule has 0 aliphatic carbocycles. The van der Waals surface area contributed by atoms with E-state index >= 15 is 0 Å². The Morgan fingerprint density at radius 3 is 2.15 bits per heavy atom. The summed E-state index contributed by atoms with van der Waals surface area (Å²) < 4.78 is 28.0. The minimum absolute atomic E-state index is 0.361. The maximum Gasteiger partial charge on any atom is 0.260 e. The van der Waals surface area contributed by atoms with Gasteiger partial charge < -0.3 is 4.57 Å². The lowest BCUT2D eigenvalue weighted by atomic mass is 10.1. The van der Waals surface area contributed by atoms with E-state index in [1.807, 2.05) is 45.9 Å². The molecule has 1 aromatic heterocycles. The number of amides is 1. The monoisotopic (exact) mass is 480 g/mol. The van der Waals surface area contributed by atoms with Gasteiger partial charge in [0.1, 0.15) is 6.54 Å². The highest BCUT2D eigenvalue weighted by molar-refractivity contribution is 7.92. The van der Waals surface area contributed by atoms with Crippen molar-refractivity contribution in [2.75, 3.05) is 17.1 Å². The van der Waals surface area contributed by atoms with Crippen LogP contribution < -0.4 is 9.73 Å². The molecule has 0 radical (unpaired) electrons. The van der Waals surface area contributed by atoms with Gasteiger partial charge in [-0.1, -0.05) is 24.3 Å². The third-order valence-corrected chi connectivity index (χ3v) is 6.85. The molecule has 0 unspecified atom stereocenters. The van der Waals surface area contributed by atoms with Gasteiger partial charge in [-0.15, -0.1) is 0 Å². The number of carbonyl (C=O) groups is 1. The van der Waals surface area contributed by atoms with Crippen LogP contribution >= 0.6 is 0 Å². The van der Waals surface area contributed by atoms with Crippen LogP contribution in [0.25, 0.3) is 5.69 Å². The van der Waals surface area contributed by atoms with Crippen molar-refractivity contribution in [1.82, 2.24) is 9.99 Å². The van der Waals surface area contributed by atoms with Crippen molar-refractivity contribution in [3.63, 3.8) is 0 Å². The minimum atomic E-state index is -3.65. The highest BCUT2D eigenvalue weighted by Gasteiger charge is 2.21. The summed E-state index contributed by atoms with van der Waals surface area (Å²) in [6, 6.07) is 13.6. The SMILES string of the molecule is Cc1cc(C)cc(N(CC(=O)N/N=C\c2cc(C)n(-c3c(C)cccc3C)c2C)S(C)(=O)=O)c1. The quantitative estimate of drug-likeness (QED) is 0.405. The van der Waals surface area contributed by atoms with E-state index in [2.05, 4.69) is 41.1 Å². The molecule has 0 aliphatic rings. The van der Waals surface area contributed by atoms with E-state index in [0.717, 1.165) is 44.3 Å². The van der Waals surface area contributed by atoms with Crippen molar-refractivity contribution in [3.05, 3.63) is 81.7 Å². The van der Waals surface area contributed by atoms with Crippen LogP contribution in [0, 0.1) is 41.5 Å². The Hall–Kier alpha value is -3.39. The van der Waals surface area contributed by atoms with Gasteiger partial charge in [-0.2, -0.15) is 5.10 Å². The standard InChI is InChI=1S/C26H32N4O3S/c1-17-11-18(2)13-24(12-17)29(34(7,32)33)16-25(31)28-27-15-23-14-21(5)30(22(23)6)26-19(3)9-8-10-20(26)4/h8-15H,16H2,1-7H3,(H,28,31)/b27-15-. The number of benzene rings is 2. The summed E-state index contributed by atoms with van der Waals surface area (Å²) in [6.07, 6.45) is 2.68. The van der Waals surface area contributed by atoms with Gasteiger partial charge in [0.05, 0.1) is 23.8 Å². The van der Waals surface area contributed by atoms with Crippen molar-refractivity contribution in [2.24, 2.45) is 5.10 Å². The number of rotatable bonds is 7. The third-order valence-electron chi connectivity index (χ3n) is 5.71. The molecule has 0 aliphatic heterocycles. The fraction of sp³-hybridized carbons (Fsp3) is 0.308. The van der Waals surface area contributed by atoms with Gasteiger partial charge in [0.2, 0.25) is 10.0 Å². The molecular formula is C26H32N4O3S. The molecule has 0 saturated carbocycles. The highest BCUT2D eigenvalue weighted by atomic mass is 32.2. The number of para-hydroxylation sites is 1. The van der Waals surface area contributed by atoms with Crippen molar-refractivity contribution < 1.29 is 13.2 Å². The predicted molar refractivity (Wildman–Crippen MR) is 139 cm³/mol. The highest BCUT2D eigenvalue weighted by Crippen LogP contribution is 2.25. The van der Waals surface area contributed by atoms with Crippen LogP contribution in [0.4, 0.5) is 5.69 Å². The molecule has 0 saturated heterocycles. The Morgan fingerprint density at radius 1 is 1.00 bits per heavy atom. The molecule has 0 spiro atoms. The molecule has 8 heteroatoms. The minimum Gasteiger partial charge on any atom is -0.317 e. The summed E-state index contributed by atoms with van der Waals surface area (Å²) >= 11 is 0. The number of carbonyl (C=O) groups excluding carboxylic acids is 1. The summed E-state index contributed by atoms with van der Waals surface area (Å²) in [4.78, 5) is 12.6. The Labute approximate surface area is 202 Å². The number of aryl methyl sites for hydroxylation is 5. The van der Waals surface area contributed by atoms with Gasteiger partial charge >= 0.3 is 0 Å². The summed E-state index contributed by atoms with van der Waals surface area (Å²) in [5.41, 5.74) is 11.2. The van der Waals surface area contributed by atoms with Gasteiger partial charge in [-0.05, 0) is 82.0 Å². The predicted octanol–water partition coefficient (Wildman–Crippen LogP) is 4.24. The second-order valence-corrected chi connectivity index (χ2v) is 10.7. The van der Waals surface area contributed by atoms with Crippen molar-refractivity contribution in [2.45, 2.75) is 41.5 Å². The van der Waals surface area contributed by atoms with E-state index < -0.39 is 15.9 Å². The zero-order chi connectivity index (χ0) is 25.2. The van der Waals surface area contributed by atoms with E-state index in [1.54, 1.807) is 18.3 Å². The van der Waals surface area contributed by atoms with Crippen LogP contribution in [-0.4, -0.2) is 37.9 Å². The Balaban J connectivity index is 1.79. The fourth-order valence-corrected chi connectivity index (χ4v) is 5.10. The molecule has 34 heavy (non-hydrogen) atoms. The van der Waals surface area contributed by atoms with Crippen molar-refractivity contribution in [3.8, 4) is 5.69 Å². The first-order valence-electron chi connectivity index (χ1n) is 11.0. The average Bonchev–Trinajstić information content (AvgIpc) is 2.98. The Morgan fingerprint density at radius 2 is 1.59 bits per heavy atom. The Kier molecular flexibility index (Phi) is 7.31. The number of nitrogens with zero attached hydrogens (tertiary/aromatic N) is 3.